The van der Waals surface area contributed by atoms with Crippen LogP contribution < -0.4 is 10.1 Å². The molecule has 0 heterocycles. The predicted molar refractivity (Wildman–Crippen MR) is 90.8 cm³/mol. The molecular formula is C18H32N2O. The molecule has 0 fully saturated rings. The summed E-state index contributed by atoms with van der Waals surface area (Å²) in [6.45, 7) is 10.6. The highest BCUT2D eigenvalue weighted by Gasteiger charge is 2.12. The number of ether oxygens (including phenoxy) is 1. The maximum atomic E-state index is 5.74. The van der Waals surface area contributed by atoms with Crippen LogP contribution in [-0.4, -0.2) is 37.7 Å². The molecule has 1 aromatic rings. The Morgan fingerprint density at radius 3 is 2.43 bits per heavy atom. The average Bonchev–Trinajstić information content (AvgIpc) is 2.36. The van der Waals surface area contributed by atoms with Crippen LogP contribution in [0.1, 0.15) is 39.7 Å². The van der Waals surface area contributed by atoms with E-state index in [1.54, 1.807) is 0 Å². The van der Waals surface area contributed by atoms with E-state index in [9.17, 15) is 0 Å². The summed E-state index contributed by atoms with van der Waals surface area (Å²) in [6, 6.07) is 8.94. The van der Waals surface area contributed by atoms with Gasteiger partial charge in [0, 0.05) is 19.1 Å². The van der Waals surface area contributed by atoms with Gasteiger partial charge in [0.15, 0.2) is 0 Å². The molecule has 1 aromatic carbocycles. The van der Waals surface area contributed by atoms with Gasteiger partial charge in [-0.1, -0.05) is 26.0 Å². The lowest BCUT2D eigenvalue weighted by atomic mass is 10.0. The van der Waals surface area contributed by atoms with Crippen LogP contribution in [-0.2, 0) is 6.54 Å². The molecule has 0 aromatic heterocycles. The van der Waals surface area contributed by atoms with Crippen molar-refractivity contribution in [2.45, 2.75) is 52.8 Å². The highest BCUT2D eigenvalue weighted by molar-refractivity contribution is 5.28. The van der Waals surface area contributed by atoms with E-state index in [1.165, 1.54) is 12.0 Å². The van der Waals surface area contributed by atoms with Crippen molar-refractivity contribution >= 4 is 0 Å². The SMILES string of the molecule is CC(C)CC(CNCc1cccc(OC(C)C)c1)N(C)C. The third kappa shape index (κ3) is 7.49. The Balaban J connectivity index is 2.47. The zero-order valence-corrected chi connectivity index (χ0v) is 14.5. The van der Waals surface area contributed by atoms with Crippen molar-refractivity contribution in [1.29, 1.82) is 0 Å². The molecule has 0 aliphatic rings. The van der Waals surface area contributed by atoms with Crippen LogP contribution >= 0.6 is 0 Å². The van der Waals surface area contributed by atoms with Crippen LogP contribution in [0.15, 0.2) is 24.3 Å². The van der Waals surface area contributed by atoms with Crippen LogP contribution in [0.3, 0.4) is 0 Å². The summed E-state index contributed by atoms with van der Waals surface area (Å²) in [4.78, 5) is 2.31. The Hall–Kier alpha value is -1.06. The van der Waals surface area contributed by atoms with Gasteiger partial charge < -0.3 is 15.0 Å². The van der Waals surface area contributed by atoms with Crippen molar-refractivity contribution in [2.24, 2.45) is 5.92 Å². The lowest BCUT2D eigenvalue weighted by molar-refractivity contribution is 0.241. The molecule has 3 heteroatoms. The molecule has 0 saturated carbocycles. The van der Waals surface area contributed by atoms with Crippen molar-refractivity contribution < 1.29 is 4.74 Å². The summed E-state index contributed by atoms with van der Waals surface area (Å²) in [7, 11) is 4.32. The highest BCUT2D eigenvalue weighted by Crippen LogP contribution is 2.15. The van der Waals surface area contributed by atoms with Gasteiger partial charge in [-0.2, -0.15) is 0 Å². The van der Waals surface area contributed by atoms with Gasteiger partial charge in [-0.05, 0) is 58.0 Å². The standard InChI is InChI=1S/C18H32N2O/c1-14(2)10-17(20(5)6)13-19-12-16-8-7-9-18(11-16)21-15(3)4/h7-9,11,14-15,17,19H,10,12-13H2,1-6H3. The summed E-state index contributed by atoms with van der Waals surface area (Å²) < 4.78 is 5.74. The third-order valence-electron chi connectivity index (χ3n) is 3.45. The van der Waals surface area contributed by atoms with E-state index in [2.05, 4.69) is 70.2 Å². The fraction of sp³-hybridized carbons (Fsp3) is 0.667. The molecule has 0 aliphatic carbocycles. The van der Waals surface area contributed by atoms with Crippen molar-refractivity contribution in [1.82, 2.24) is 10.2 Å². The van der Waals surface area contributed by atoms with E-state index >= 15 is 0 Å². The van der Waals surface area contributed by atoms with Gasteiger partial charge in [-0.3, -0.25) is 0 Å². The summed E-state index contributed by atoms with van der Waals surface area (Å²) in [5.41, 5.74) is 1.27. The minimum absolute atomic E-state index is 0.220. The van der Waals surface area contributed by atoms with E-state index in [0.717, 1.165) is 24.8 Å². The van der Waals surface area contributed by atoms with Gasteiger partial charge in [-0.15, -0.1) is 0 Å². The molecule has 1 rings (SSSR count). The number of hydrogen-bond acceptors (Lipinski definition) is 3. The molecule has 0 amide bonds. The fourth-order valence-electron chi connectivity index (χ4n) is 2.40. The lowest BCUT2D eigenvalue weighted by Crippen LogP contribution is -2.38. The Morgan fingerprint density at radius 2 is 1.86 bits per heavy atom. The molecule has 0 radical (unpaired) electrons. The normalized spacial score (nSPS) is 13.2. The molecule has 0 saturated heterocycles. The lowest BCUT2D eigenvalue weighted by Gasteiger charge is -2.26. The molecule has 120 valence electrons. The van der Waals surface area contributed by atoms with Gasteiger partial charge in [0.25, 0.3) is 0 Å². The molecule has 0 spiro atoms. The molecule has 1 unspecified atom stereocenters. The monoisotopic (exact) mass is 292 g/mol. The molecular weight excluding hydrogens is 260 g/mol. The highest BCUT2D eigenvalue weighted by atomic mass is 16.5. The van der Waals surface area contributed by atoms with Crippen LogP contribution in [0.5, 0.6) is 5.75 Å². The summed E-state index contributed by atoms with van der Waals surface area (Å²) >= 11 is 0. The second-order valence-electron chi connectivity index (χ2n) is 6.69. The quantitative estimate of drug-likeness (QED) is 0.753. The topological polar surface area (TPSA) is 24.5 Å². The van der Waals surface area contributed by atoms with Gasteiger partial charge in [0.2, 0.25) is 0 Å². The molecule has 21 heavy (non-hydrogen) atoms. The van der Waals surface area contributed by atoms with Crippen LogP contribution in [0.4, 0.5) is 0 Å². The van der Waals surface area contributed by atoms with E-state index in [0.29, 0.717) is 6.04 Å². The smallest absolute Gasteiger partial charge is 0.120 e. The molecule has 0 bridgehead atoms. The van der Waals surface area contributed by atoms with Crippen LogP contribution in [0.25, 0.3) is 0 Å². The van der Waals surface area contributed by atoms with Crippen molar-refractivity contribution in [3.05, 3.63) is 29.8 Å². The second-order valence-corrected chi connectivity index (χ2v) is 6.69. The van der Waals surface area contributed by atoms with E-state index in [1.807, 2.05) is 6.07 Å². The number of nitrogens with one attached hydrogen (secondary N) is 1. The van der Waals surface area contributed by atoms with Gasteiger partial charge in [0.05, 0.1) is 6.10 Å². The zero-order valence-electron chi connectivity index (χ0n) is 14.5. The van der Waals surface area contributed by atoms with Gasteiger partial charge in [-0.25, -0.2) is 0 Å². The van der Waals surface area contributed by atoms with Crippen LogP contribution in [0.2, 0.25) is 0 Å². The first kappa shape index (κ1) is 18.0. The Morgan fingerprint density at radius 1 is 1.14 bits per heavy atom. The third-order valence-corrected chi connectivity index (χ3v) is 3.45. The first-order chi connectivity index (χ1) is 9.88. The number of hydrogen-bond donors (Lipinski definition) is 1. The second kappa shape index (κ2) is 9.06. The molecule has 1 atom stereocenters. The number of benzene rings is 1. The number of likely N-dealkylation sites (N-methyl/N-ethyl adjacent to an activating group) is 1. The van der Waals surface area contributed by atoms with Crippen molar-refractivity contribution in [3.63, 3.8) is 0 Å². The summed E-state index contributed by atoms with van der Waals surface area (Å²) in [5, 5.41) is 3.57. The minimum atomic E-state index is 0.220. The average molecular weight is 292 g/mol. The van der Waals surface area contributed by atoms with Crippen LogP contribution in [0, 0.1) is 5.92 Å². The predicted octanol–water partition coefficient (Wildman–Crippen LogP) is 3.54. The molecule has 3 nitrogen and oxygen atoms in total. The van der Waals surface area contributed by atoms with E-state index < -0.39 is 0 Å². The largest absolute Gasteiger partial charge is 0.491 e. The van der Waals surface area contributed by atoms with Crippen molar-refractivity contribution in [3.8, 4) is 5.75 Å². The Kier molecular flexibility index (Phi) is 7.76. The summed E-state index contributed by atoms with van der Waals surface area (Å²) in [5.74, 6) is 1.68. The van der Waals surface area contributed by atoms with Gasteiger partial charge >= 0.3 is 0 Å². The maximum Gasteiger partial charge on any atom is 0.120 e. The first-order valence-corrected chi connectivity index (χ1v) is 8.01. The Bertz CT molecular complexity index is 402. The van der Waals surface area contributed by atoms with Crippen molar-refractivity contribution in [2.75, 3.05) is 20.6 Å². The minimum Gasteiger partial charge on any atom is -0.491 e. The Labute approximate surface area is 130 Å². The number of rotatable bonds is 9. The zero-order chi connectivity index (χ0) is 15.8. The number of nitrogens with zero attached hydrogens (tertiary/aromatic N) is 1. The molecule has 1 N–H and O–H groups in total. The first-order valence-electron chi connectivity index (χ1n) is 8.01. The maximum absolute atomic E-state index is 5.74. The summed E-state index contributed by atoms with van der Waals surface area (Å²) in [6.07, 6.45) is 1.44. The van der Waals surface area contributed by atoms with E-state index in [-0.39, 0.29) is 6.10 Å². The fourth-order valence-corrected chi connectivity index (χ4v) is 2.40. The van der Waals surface area contributed by atoms with Gasteiger partial charge in [0.1, 0.15) is 5.75 Å². The molecule has 0 aliphatic heterocycles. The van der Waals surface area contributed by atoms with E-state index in [4.69, 9.17) is 4.74 Å².